The van der Waals surface area contributed by atoms with Gasteiger partial charge in [0.2, 0.25) is 12.0 Å². The third kappa shape index (κ3) is 3.40. The lowest BCUT2D eigenvalue weighted by atomic mass is 11.5. The second kappa shape index (κ2) is 1.69. The first kappa shape index (κ1) is 4.40. The molecular weight excluding hydrogens is 70.0 g/mol. The van der Waals surface area contributed by atoms with Crippen LogP contribution in [0, 0.1) is 4.91 Å². The lowest BCUT2D eigenvalue weighted by Crippen LogP contribution is -1.94. The Kier molecular flexibility index (Phi) is 1.49. The molecule has 0 radical (unpaired) electrons. The van der Waals surface area contributed by atoms with E-state index >= 15 is 0 Å². The molecule has 0 aromatic heterocycles. The van der Waals surface area contributed by atoms with E-state index in [-0.39, 0.29) is 0 Å². The molecule has 0 unspecified atom stereocenters. The van der Waals surface area contributed by atoms with Gasteiger partial charge < -0.3 is 0 Å². The quantitative estimate of drug-likeness (QED) is 0.410. The maximum Gasteiger partial charge on any atom is 0.239 e. The zero-order valence-electron chi connectivity index (χ0n) is 3.26. The number of hydrogen-bond donors (Lipinski definition) is 0. The van der Waals surface area contributed by atoms with Gasteiger partial charge in [0.25, 0.3) is 0 Å². The van der Waals surface area contributed by atoms with Gasteiger partial charge in [-0.2, -0.15) is 0 Å². The molecule has 0 atom stereocenters. The minimum Gasteiger partial charge on any atom is -0.236 e. The van der Waals surface area contributed by atoms with Crippen molar-refractivity contribution in [2.24, 2.45) is 0 Å². The fourth-order valence-corrected chi connectivity index (χ4v) is 0. The van der Waals surface area contributed by atoms with E-state index in [4.69, 9.17) is 0 Å². The molecule has 0 amide bonds. The van der Waals surface area contributed by atoms with Crippen molar-refractivity contribution in [2.75, 3.05) is 14.2 Å². The van der Waals surface area contributed by atoms with E-state index in [1.54, 1.807) is 0 Å². The molecule has 0 rings (SSSR count). The van der Waals surface area contributed by atoms with Gasteiger partial charge in [0, 0.05) is 0 Å². The van der Waals surface area contributed by atoms with Crippen molar-refractivity contribution in [1.29, 1.82) is 0 Å². The predicted molar refractivity (Wildman–Crippen MR) is 16.6 cm³/mol. The molecular formula is C2H6NO2+. The van der Waals surface area contributed by atoms with Crippen LogP contribution in [-0.2, 0) is 4.84 Å². The zero-order valence-corrected chi connectivity index (χ0v) is 3.26. The molecule has 0 aliphatic rings. The Morgan fingerprint density at radius 1 is 1.80 bits per heavy atom. The number of nitrogens with zero attached hydrogens (tertiary/aromatic N) is 1. The molecule has 0 bridgehead atoms. The monoisotopic (exact) mass is 76.0 g/mol. The molecule has 30 valence electrons. The average Bonchev–Trinajstić information content (AvgIpc) is 1.38. The lowest BCUT2D eigenvalue weighted by molar-refractivity contribution is -0.776. The van der Waals surface area contributed by atoms with Crippen molar-refractivity contribution in [3.8, 4) is 0 Å². The summed E-state index contributed by atoms with van der Waals surface area (Å²) in [5.74, 6) is 0. The Hall–Kier alpha value is -0.600. The average molecular weight is 76.1 g/mol. The van der Waals surface area contributed by atoms with Crippen LogP contribution in [0.4, 0.5) is 0 Å². The molecule has 0 N–H and O–H groups in total. The summed E-state index contributed by atoms with van der Waals surface area (Å²) in [6.07, 6.45) is 0. The Labute approximate surface area is 30.1 Å². The molecule has 3 nitrogen and oxygen atoms in total. The first-order chi connectivity index (χ1) is 2.27. The summed E-state index contributed by atoms with van der Waals surface area (Å²) in [5.41, 5.74) is 0. The van der Waals surface area contributed by atoms with Crippen molar-refractivity contribution in [3.05, 3.63) is 4.91 Å². The summed E-state index contributed by atoms with van der Waals surface area (Å²) in [6.45, 7) is 0. The van der Waals surface area contributed by atoms with Crippen LogP contribution in [0.1, 0.15) is 0 Å². The number of hydrogen-bond acceptors (Lipinski definition) is 2. The van der Waals surface area contributed by atoms with Gasteiger partial charge in [0.1, 0.15) is 0 Å². The molecule has 0 aromatic rings. The van der Waals surface area contributed by atoms with Crippen LogP contribution < -0.4 is 0 Å². The minimum absolute atomic E-state index is 0.375. The van der Waals surface area contributed by atoms with Gasteiger partial charge in [-0.15, -0.1) is 0 Å². The standard InChI is InChI=1S/C2H6NO2/c1-3(4)5-2/h1-2H3/q+1. The molecule has 0 aromatic carbocycles. The SMILES string of the molecule is CO[N+](C)=O. The van der Waals surface area contributed by atoms with Gasteiger partial charge in [-0.25, -0.2) is 4.84 Å². The molecule has 3 heteroatoms. The van der Waals surface area contributed by atoms with Crippen LogP contribution in [0.3, 0.4) is 0 Å². The molecule has 0 fully saturated rings. The normalized spacial score (nSPS) is 6.80. The third-order valence-corrected chi connectivity index (χ3v) is 0.257. The van der Waals surface area contributed by atoms with Crippen LogP contribution in [-0.4, -0.2) is 19.1 Å². The highest BCUT2D eigenvalue weighted by Gasteiger charge is 1.82. The van der Waals surface area contributed by atoms with E-state index in [1.165, 1.54) is 14.2 Å². The zero-order chi connectivity index (χ0) is 4.28. The van der Waals surface area contributed by atoms with Gasteiger partial charge >= 0.3 is 0 Å². The van der Waals surface area contributed by atoms with Gasteiger partial charge in [0.05, 0.1) is 4.91 Å². The minimum atomic E-state index is 0.375. The smallest absolute Gasteiger partial charge is 0.236 e. The van der Waals surface area contributed by atoms with E-state index in [2.05, 4.69) is 4.84 Å². The van der Waals surface area contributed by atoms with E-state index in [9.17, 15) is 4.91 Å². The Morgan fingerprint density at radius 2 is 2.00 bits per heavy atom. The van der Waals surface area contributed by atoms with Crippen LogP contribution >= 0.6 is 0 Å². The van der Waals surface area contributed by atoms with Crippen LogP contribution in [0.2, 0.25) is 0 Å². The van der Waals surface area contributed by atoms with Crippen LogP contribution in [0.25, 0.3) is 0 Å². The molecule has 0 aliphatic carbocycles. The molecule has 0 spiro atoms. The van der Waals surface area contributed by atoms with E-state index < -0.39 is 0 Å². The molecule has 0 aliphatic heterocycles. The van der Waals surface area contributed by atoms with Crippen molar-refractivity contribution in [1.82, 2.24) is 0 Å². The maximum absolute atomic E-state index is 9.51. The largest absolute Gasteiger partial charge is 0.239 e. The highest BCUT2D eigenvalue weighted by Crippen LogP contribution is 1.54. The van der Waals surface area contributed by atoms with Gasteiger partial charge in [-0.1, -0.05) is 0 Å². The van der Waals surface area contributed by atoms with E-state index in [0.717, 1.165) is 0 Å². The fraction of sp³-hybridized carbons (Fsp3) is 1.00. The second-order valence-electron chi connectivity index (χ2n) is 0.622. The fourth-order valence-electron chi connectivity index (χ4n) is 0. The van der Waals surface area contributed by atoms with Gasteiger partial charge in [-0.3, -0.25) is 0 Å². The van der Waals surface area contributed by atoms with Gasteiger partial charge in [-0.05, 0) is 0 Å². The summed E-state index contributed by atoms with van der Waals surface area (Å²) in [6, 6.07) is 0. The third-order valence-electron chi connectivity index (χ3n) is 0.257. The first-order valence-corrected chi connectivity index (χ1v) is 1.22. The summed E-state index contributed by atoms with van der Waals surface area (Å²) in [7, 11) is 2.59. The summed E-state index contributed by atoms with van der Waals surface area (Å²) >= 11 is 0. The Morgan fingerprint density at radius 3 is 2.00 bits per heavy atom. The topological polar surface area (TPSA) is 29.3 Å². The Balaban J connectivity index is 2.85. The molecule has 0 heterocycles. The van der Waals surface area contributed by atoms with Crippen molar-refractivity contribution in [3.63, 3.8) is 0 Å². The van der Waals surface area contributed by atoms with Crippen molar-refractivity contribution >= 4 is 0 Å². The van der Waals surface area contributed by atoms with Crippen molar-refractivity contribution in [2.45, 2.75) is 0 Å². The lowest BCUT2D eigenvalue weighted by Gasteiger charge is -1.69. The summed E-state index contributed by atoms with van der Waals surface area (Å²) in [4.78, 5) is 13.9. The predicted octanol–water partition coefficient (Wildman–Crippen LogP) is -0.0435. The Bertz CT molecular complexity index is 42.9. The molecule has 0 saturated carbocycles. The summed E-state index contributed by atoms with van der Waals surface area (Å²) < 4.78 is 0. The highest BCUT2D eigenvalue weighted by molar-refractivity contribution is 3.67. The van der Waals surface area contributed by atoms with Crippen molar-refractivity contribution < 1.29 is 9.76 Å². The summed E-state index contributed by atoms with van der Waals surface area (Å²) in [5, 5.41) is 0. The maximum atomic E-state index is 9.51. The van der Waals surface area contributed by atoms with Gasteiger partial charge in [0.15, 0.2) is 7.11 Å². The van der Waals surface area contributed by atoms with E-state index in [1.807, 2.05) is 0 Å². The first-order valence-electron chi connectivity index (χ1n) is 1.22. The second-order valence-corrected chi connectivity index (χ2v) is 0.622. The van der Waals surface area contributed by atoms with Crippen LogP contribution in [0.5, 0.6) is 0 Å². The molecule has 5 heavy (non-hydrogen) atoms. The molecule has 0 saturated heterocycles. The van der Waals surface area contributed by atoms with Crippen LogP contribution in [0.15, 0.2) is 0 Å². The van der Waals surface area contributed by atoms with E-state index in [0.29, 0.717) is 4.92 Å². The number of rotatable bonds is 1. The highest BCUT2D eigenvalue weighted by atomic mass is 16.7.